The van der Waals surface area contributed by atoms with E-state index in [1.807, 2.05) is 18.2 Å². The highest BCUT2D eigenvalue weighted by Gasteiger charge is 2.00. The molecule has 1 aromatic carbocycles. The normalized spacial score (nSPS) is 9.86. The highest BCUT2D eigenvalue weighted by atomic mass is 31.0. The summed E-state index contributed by atoms with van der Waals surface area (Å²) in [5, 5.41) is 1.10. The van der Waals surface area contributed by atoms with Gasteiger partial charge in [-0.2, -0.15) is 0 Å². The minimum absolute atomic E-state index is 0.561. The molecule has 0 spiro atoms. The van der Waals surface area contributed by atoms with Crippen molar-refractivity contribution in [1.82, 2.24) is 0 Å². The van der Waals surface area contributed by atoms with Gasteiger partial charge in [0.1, 0.15) is 12.4 Å². The summed E-state index contributed by atoms with van der Waals surface area (Å²) in [4.78, 5) is 0. The van der Waals surface area contributed by atoms with E-state index in [1.54, 1.807) is 13.2 Å². The zero-order valence-electron chi connectivity index (χ0n) is 8.32. The molecule has 0 fully saturated rings. The first-order valence-electron chi connectivity index (χ1n) is 4.41. The van der Waals surface area contributed by atoms with E-state index in [9.17, 15) is 0 Å². The molecule has 0 radical (unpaired) electrons. The molecule has 0 heterocycles. The van der Waals surface area contributed by atoms with E-state index in [2.05, 4.69) is 15.8 Å². The molecular weight excluding hydrogens is 195 g/mol. The maximum Gasteiger partial charge on any atom is 0.127 e. The predicted molar refractivity (Wildman–Crippen MR) is 63.2 cm³/mol. The SMILES string of the molecule is C=Cc1ccc(P)cc1OCCOC. The van der Waals surface area contributed by atoms with Gasteiger partial charge in [-0.15, -0.1) is 9.24 Å². The van der Waals surface area contributed by atoms with Crippen LogP contribution >= 0.6 is 9.24 Å². The third-order valence-corrected chi connectivity index (χ3v) is 2.16. The van der Waals surface area contributed by atoms with E-state index >= 15 is 0 Å². The first-order chi connectivity index (χ1) is 6.77. The molecule has 0 N–H and O–H groups in total. The fourth-order valence-corrected chi connectivity index (χ4v) is 1.33. The number of ether oxygens (including phenoxy) is 2. The van der Waals surface area contributed by atoms with Crippen LogP contribution in [-0.4, -0.2) is 20.3 Å². The summed E-state index contributed by atoms with van der Waals surface area (Å²) in [7, 11) is 4.29. The van der Waals surface area contributed by atoms with Crippen molar-refractivity contribution in [2.24, 2.45) is 0 Å². The highest BCUT2D eigenvalue weighted by Crippen LogP contribution is 2.18. The van der Waals surface area contributed by atoms with Crippen molar-refractivity contribution in [2.75, 3.05) is 20.3 Å². The largest absolute Gasteiger partial charge is 0.491 e. The molecule has 1 aromatic rings. The Bertz CT molecular complexity index is 310. The molecule has 0 aliphatic heterocycles. The molecule has 0 saturated carbocycles. The van der Waals surface area contributed by atoms with E-state index in [1.165, 1.54) is 0 Å². The topological polar surface area (TPSA) is 18.5 Å². The molecule has 1 unspecified atom stereocenters. The van der Waals surface area contributed by atoms with Gasteiger partial charge in [0.2, 0.25) is 0 Å². The van der Waals surface area contributed by atoms with Crippen LogP contribution in [0.15, 0.2) is 24.8 Å². The number of methoxy groups -OCH3 is 1. The summed E-state index contributed by atoms with van der Waals surface area (Å²) in [5.41, 5.74) is 1.01. The third kappa shape index (κ3) is 3.13. The number of rotatable bonds is 5. The van der Waals surface area contributed by atoms with Crippen molar-refractivity contribution in [3.63, 3.8) is 0 Å². The van der Waals surface area contributed by atoms with E-state index in [4.69, 9.17) is 9.47 Å². The minimum atomic E-state index is 0.561. The average molecular weight is 210 g/mol. The third-order valence-electron chi connectivity index (χ3n) is 1.80. The number of hydrogen-bond donors (Lipinski definition) is 0. The van der Waals surface area contributed by atoms with Gasteiger partial charge in [-0.1, -0.05) is 24.8 Å². The van der Waals surface area contributed by atoms with Crippen LogP contribution in [-0.2, 0) is 4.74 Å². The summed E-state index contributed by atoms with van der Waals surface area (Å²) in [6.07, 6.45) is 1.78. The average Bonchev–Trinajstić information content (AvgIpc) is 2.19. The van der Waals surface area contributed by atoms with Gasteiger partial charge in [0, 0.05) is 12.7 Å². The molecule has 3 heteroatoms. The summed E-state index contributed by atoms with van der Waals surface area (Å²) in [6, 6.07) is 5.96. The van der Waals surface area contributed by atoms with Crippen molar-refractivity contribution < 1.29 is 9.47 Å². The zero-order valence-corrected chi connectivity index (χ0v) is 9.48. The van der Waals surface area contributed by atoms with Crippen LogP contribution < -0.4 is 10.0 Å². The van der Waals surface area contributed by atoms with Gasteiger partial charge in [-0.25, -0.2) is 0 Å². The quantitative estimate of drug-likeness (QED) is 0.545. The maximum absolute atomic E-state index is 5.54. The fraction of sp³-hybridized carbons (Fsp3) is 0.273. The molecule has 2 nitrogen and oxygen atoms in total. The van der Waals surface area contributed by atoms with Crippen LogP contribution in [0.1, 0.15) is 5.56 Å². The lowest BCUT2D eigenvalue weighted by Crippen LogP contribution is -2.06. The molecule has 0 saturated heterocycles. The molecule has 0 aliphatic rings. The van der Waals surface area contributed by atoms with Gasteiger partial charge >= 0.3 is 0 Å². The fourth-order valence-electron chi connectivity index (χ4n) is 1.08. The number of hydrogen-bond acceptors (Lipinski definition) is 2. The Hall–Kier alpha value is -0.850. The van der Waals surface area contributed by atoms with Gasteiger partial charge in [0.05, 0.1) is 6.61 Å². The lowest BCUT2D eigenvalue weighted by molar-refractivity contribution is 0.146. The molecule has 1 atom stereocenters. The van der Waals surface area contributed by atoms with Crippen LogP contribution in [0.2, 0.25) is 0 Å². The van der Waals surface area contributed by atoms with Crippen molar-refractivity contribution >= 4 is 20.6 Å². The molecule has 1 rings (SSSR count). The second-order valence-electron chi connectivity index (χ2n) is 2.84. The Labute approximate surface area is 87.1 Å². The lowest BCUT2D eigenvalue weighted by atomic mass is 10.2. The van der Waals surface area contributed by atoms with Crippen LogP contribution in [0.4, 0.5) is 0 Å². The standard InChI is InChI=1S/C11H15O2P/c1-3-9-4-5-10(14)8-11(9)13-7-6-12-2/h3-5,8H,1,6-7,14H2,2H3. The van der Waals surface area contributed by atoms with Gasteiger partial charge in [-0.05, 0) is 11.4 Å². The Morgan fingerprint density at radius 2 is 2.21 bits per heavy atom. The lowest BCUT2D eigenvalue weighted by Gasteiger charge is -2.09. The molecule has 76 valence electrons. The molecule has 0 aromatic heterocycles. The maximum atomic E-state index is 5.54. The minimum Gasteiger partial charge on any atom is -0.491 e. The first-order valence-corrected chi connectivity index (χ1v) is 4.99. The Kier molecular flexibility index (Phi) is 4.64. The van der Waals surface area contributed by atoms with Crippen LogP contribution in [0.25, 0.3) is 6.08 Å². The molecule has 14 heavy (non-hydrogen) atoms. The summed E-state index contributed by atoms with van der Waals surface area (Å²) in [6.45, 7) is 4.89. The molecule has 0 aliphatic carbocycles. The molecular formula is C11H15O2P. The highest BCUT2D eigenvalue weighted by molar-refractivity contribution is 7.27. The Balaban J connectivity index is 2.72. The van der Waals surface area contributed by atoms with Crippen molar-refractivity contribution in [2.45, 2.75) is 0 Å². The van der Waals surface area contributed by atoms with E-state index in [0.717, 1.165) is 16.6 Å². The summed E-state index contributed by atoms with van der Waals surface area (Å²) >= 11 is 0. The molecule has 0 bridgehead atoms. The summed E-state index contributed by atoms with van der Waals surface area (Å²) < 4.78 is 10.5. The van der Waals surface area contributed by atoms with Gasteiger partial charge < -0.3 is 9.47 Å². The second-order valence-corrected chi connectivity index (χ2v) is 3.51. The van der Waals surface area contributed by atoms with Gasteiger partial charge in [-0.3, -0.25) is 0 Å². The Morgan fingerprint density at radius 3 is 2.86 bits per heavy atom. The van der Waals surface area contributed by atoms with Crippen molar-refractivity contribution in [3.05, 3.63) is 30.3 Å². The van der Waals surface area contributed by atoms with Crippen LogP contribution in [0.5, 0.6) is 5.75 Å². The smallest absolute Gasteiger partial charge is 0.127 e. The second kappa shape index (κ2) is 5.79. The zero-order chi connectivity index (χ0) is 10.4. The number of benzene rings is 1. The van der Waals surface area contributed by atoms with Crippen molar-refractivity contribution in [1.29, 1.82) is 0 Å². The van der Waals surface area contributed by atoms with Crippen LogP contribution in [0, 0.1) is 0 Å². The van der Waals surface area contributed by atoms with Crippen molar-refractivity contribution in [3.8, 4) is 5.75 Å². The summed E-state index contributed by atoms with van der Waals surface area (Å²) in [5.74, 6) is 0.851. The Morgan fingerprint density at radius 1 is 1.43 bits per heavy atom. The monoisotopic (exact) mass is 210 g/mol. The van der Waals surface area contributed by atoms with E-state index in [0.29, 0.717) is 13.2 Å². The van der Waals surface area contributed by atoms with Crippen LogP contribution in [0.3, 0.4) is 0 Å². The molecule has 0 amide bonds. The van der Waals surface area contributed by atoms with E-state index in [-0.39, 0.29) is 0 Å². The van der Waals surface area contributed by atoms with Gasteiger partial charge in [0.15, 0.2) is 0 Å². The van der Waals surface area contributed by atoms with Gasteiger partial charge in [0.25, 0.3) is 0 Å². The van der Waals surface area contributed by atoms with E-state index < -0.39 is 0 Å². The predicted octanol–water partition coefficient (Wildman–Crippen LogP) is 1.86. The first kappa shape index (κ1) is 11.2.